The fourth-order valence-electron chi connectivity index (χ4n) is 4.77. The Morgan fingerprint density at radius 2 is 1.86 bits per heavy atom. The molecule has 11 heteroatoms. The summed E-state index contributed by atoms with van der Waals surface area (Å²) in [5, 5.41) is 13.7. The van der Waals surface area contributed by atoms with Gasteiger partial charge in [-0.05, 0) is 82.4 Å². The third-order valence-electron chi connectivity index (χ3n) is 6.68. The molecule has 200 valence electrons. The molecule has 1 amide bonds. The Bertz CT molecular complexity index is 1370. The van der Waals surface area contributed by atoms with Crippen molar-refractivity contribution >= 4 is 27.1 Å². The lowest BCUT2D eigenvalue weighted by Crippen LogP contribution is -2.36. The number of fused-ring (bicyclic) bond motifs is 1. The van der Waals surface area contributed by atoms with Gasteiger partial charge in [0.25, 0.3) is 0 Å². The molecule has 1 aliphatic carbocycles. The number of carbonyl (C=O) groups excluding carboxylic acids is 1. The molecule has 1 saturated carbocycles. The van der Waals surface area contributed by atoms with Gasteiger partial charge in [-0.1, -0.05) is 12.1 Å². The van der Waals surface area contributed by atoms with Crippen molar-refractivity contribution in [2.45, 2.75) is 76.8 Å². The van der Waals surface area contributed by atoms with Crippen molar-refractivity contribution in [3.63, 3.8) is 0 Å². The van der Waals surface area contributed by atoms with Crippen LogP contribution in [0.5, 0.6) is 0 Å². The first kappa shape index (κ1) is 27.0. The maximum atomic E-state index is 11.9. The highest BCUT2D eigenvalue weighted by Crippen LogP contribution is 2.30. The SMILES string of the molecule is Cc1ccc(Cc2ncc3cnn(CC4CCC(CNC(=O)OC(C)(C)C)CC4)c3n2)cc1S(N)(=O)=O. The number of nitrogens with one attached hydrogen (secondary N) is 1. The zero-order valence-electron chi connectivity index (χ0n) is 21.9. The summed E-state index contributed by atoms with van der Waals surface area (Å²) in [6.07, 6.45) is 7.76. The Balaban J connectivity index is 1.37. The molecule has 4 rings (SSSR count). The number of ether oxygens (including phenoxy) is 1. The molecule has 0 bridgehead atoms. The van der Waals surface area contributed by atoms with Crippen molar-refractivity contribution in [1.29, 1.82) is 0 Å². The summed E-state index contributed by atoms with van der Waals surface area (Å²) >= 11 is 0. The minimum Gasteiger partial charge on any atom is -0.444 e. The number of nitrogens with zero attached hydrogens (tertiary/aromatic N) is 4. The number of sulfonamides is 1. The number of rotatable bonds is 7. The van der Waals surface area contributed by atoms with E-state index in [-0.39, 0.29) is 11.0 Å². The van der Waals surface area contributed by atoms with Crippen molar-refractivity contribution in [3.8, 4) is 0 Å². The van der Waals surface area contributed by atoms with Gasteiger partial charge >= 0.3 is 6.09 Å². The molecule has 37 heavy (non-hydrogen) atoms. The van der Waals surface area contributed by atoms with E-state index in [4.69, 9.17) is 14.9 Å². The van der Waals surface area contributed by atoms with Crippen LogP contribution < -0.4 is 10.5 Å². The number of hydrogen-bond acceptors (Lipinski definition) is 7. The van der Waals surface area contributed by atoms with E-state index in [2.05, 4.69) is 15.4 Å². The van der Waals surface area contributed by atoms with Crippen LogP contribution in [0.1, 0.15) is 63.4 Å². The van der Waals surface area contributed by atoms with Crippen LogP contribution in [0.4, 0.5) is 4.79 Å². The highest BCUT2D eigenvalue weighted by atomic mass is 32.2. The van der Waals surface area contributed by atoms with Gasteiger partial charge in [0.1, 0.15) is 11.4 Å². The quantitative estimate of drug-likeness (QED) is 0.476. The summed E-state index contributed by atoms with van der Waals surface area (Å²) in [6.45, 7) is 8.70. The standard InChI is InChI=1S/C26H36N6O4S/c1-17-5-6-20(11-22(17)37(27,34)35)12-23-28-14-21-15-30-32(24(21)31-23)16-19-9-7-18(8-10-19)13-29-25(33)36-26(2,3)4/h5-6,11,14-15,18-19H,7-10,12-13,16H2,1-4H3,(H,29,33)(H2,27,34,35). The number of aryl methyl sites for hydroxylation is 1. The van der Waals surface area contributed by atoms with E-state index in [0.29, 0.717) is 36.2 Å². The zero-order chi connectivity index (χ0) is 26.8. The first-order valence-electron chi connectivity index (χ1n) is 12.6. The number of alkyl carbamates (subject to hydrolysis) is 1. The highest BCUT2D eigenvalue weighted by molar-refractivity contribution is 7.89. The Morgan fingerprint density at radius 3 is 2.54 bits per heavy atom. The molecule has 0 unspecified atom stereocenters. The Kier molecular flexibility index (Phi) is 7.84. The molecule has 0 atom stereocenters. The second kappa shape index (κ2) is 10.7. The first-order valence-corrected chi connectivity index (χ1v) is 14.2. The van der Waals surface area contributed by atoms with Crippen LogP contribution in [0.3, 0.4) is 0 Å². The normalized spacial score (nSPS) is 18.6. The summed E-state index contributed by atoms with van der Waals surface area (Å²) in [6, 6.07) is 5.20. The minimum atomic E-state index is -3.80. The maximum Gasteiger partial charge on any atom is 0.407 e. The molecule has 2 aromatic heterocycles. The molecule has 0 radical (unpaired) electrons. The van der Waals surface area contributed by atoms with Crippen LogP contribution >= 0.6 is 0 Å². The third kappa shape index (κ3) is 7.26. The van der Waals surface area contributed by atoms with Crippen molar-refractivity contribution < 1.29 is 17.9 Å². The molecule has 10 nitrogen and oxygen atoms in total. The van der Waals surface area contributed by atoms with Gasteiger partial charge in [0.2, 0.25) is 10.0 Å². The molecule has 0 spiro atoms. The smallest absolute Gasteiger partial charge is 0.407 e. The van der Waals surface area contributed by atoms with E-state index in [0.717, 1.165) is 48.8 Å². The van der Waals surface area contributed by atoms with Crippen LogP contribution in [0, 0.1) is 18.8 Å². The molecule has 0 saturated heterocycles. The van der Waals surface area contributed by atoms with Gasteiger partial charge in [0.05, 0.1) is 16.5 Å². The Hall–Kier alpha value is -3.05. The number of benzene rings is 1. The van der Waals surface area contributed by atoms with E-state index in [1.807, 2.05) is 31.5 Å². The number of aromatic nitrogens is 4. The Labute approximate surface area is 218 Å². The van der Waals surface area contributed by atoms with Crippen molar-refractivity contribution in [2.24, 2.45) is 17.0 Å². The van der Waals surface area contributed by atoms with Gasteiger partial charge in [-0.3, -0.25) is 0 Å². The molecule has 1 aliphatic rings. The summed E-state index contributed by atoms with van der Waals surface area (Å²) in [5.41, 5.74) is 1.67. The summed E-state index contributed by atoms with van der Waals surface area (Å²) in [4.78, 5) is 21.3. The van der Waals surface area contributed by atoms with E-state index >= 15 is 0 Å². The van der Waals surface area contributed by atoms with Gasteiger partial charge in [0.15, 0.2) is 5.65 Å². The third-order valence-corrected chi connectivity index (χ3v) is 7.73. The highest BCUT2D eigenvalue weighted by Gasteiger charge is 2.24. The lowest BCUT2D eigenvalue weighted by Gasteiger charge is -2.29. The van der Waals surface area contributed by atoms with E-state index < -0.39 is 15.6 Å². The summed E-state index contributed by atoms with van der Waals surface area (Å²) < 4.78 is 31.0. The van der Waals surface area contributed by atoms with E-state index in [1.165, 1.54) is 0 Å². The van der Waals surface area contributed by atoms with Crippen molar-refractivity contribution in [1.82, 2.24) is 25.1 Å². The maximum absolute atomic E-state index is 11.9. The molecule has 2 heterocycles. The molecule has 3 N–H and O–H groups in total. The number of primary sulfonamides is 1. The van der Waals surface area contributed by atoms with Crippen LogP contribution in [-0.2, 0) is 27.7 Å². The number of hydrogen-bond donors (Lipinski definition) is 2. The average Bonchev–Trinajstić information content (AvgIpc) is 3.20. The first-order chi connectivity index (χ1) is 17.4. The second-order valence-corrected chi connectivity index (χ2v) is 12.5. The predicted octanol–water partition coefficient (Wildman–Crippen LogP) is 3.70. The fourth-order valence-corrected chi connectivity index (χ4v) is 5.60. The van der Waals surface area contributed by atoms with Crippen LogP contribution in [-0.4, -0.2) is 46.4 Å². The second-order valence-electron chi connectivity index (χ2n) is 11.0. The number of amides is 1. The minimum absolute atomic E-state index is 0.119. The molecular weight excluding hydrogens is 492 g/mol. The van der Waals surface area contributed by atoms with Gasteiger partial charge in [-0.25, -0.2) is 33.0 Å². The molecule has 1 fully saturated rings. The van der Waals surface area contributed by atoms with Gasteiger partial charge in [-0.2, -0.15) is 5.10 Å². The summed E-state index contributed by atoms with van der Waals surface area (Å²) in [7, 11) is -3.80. The Morgan fingerprint density at radius 1 is 1.16 bits per heavy atom. The molecule has 1 aromatic carbocycles. The van der Waals surface area contributed by atoms with E-state index in [1.54, 1.807) is 31.5 Å². The largest absolute Gasteiger partial charge is 0.444 e. The van der Waals surface area contributed by atoms with E-state index in [9.17, 15) is 13.2 Å². The fraction of sp³-hybridized carbons (Fsp3) is 0.538. The lowest BCUT2D eigenvalue weighted by atomic mass is 9.82. The molecular formula is C26H36N6O4S. The predicted molar refractivity (Wildman–Crippen MR) is 140 cm³/mol. The lowest BCUT2D eigenvalue weighted by molar-refractivity contribution is 0.0513. The molecule has 3 aromatic rings. The van der Waals surface area contributed by atoms with Crippen molar-refractivity contribution in [2.75, 3.05) is 6.54 Å². The van der Waals surface area contributed by atoms with Gasteiger partial charge in [-0.15, -0.1) is 0 Å². The topological polar surface area (TPSA) is 142 Å². The zero-order valence-corrected chi connectivity index (χ0v) is 22.7. The van der Waals surface area contributed by atoms with Crippen LogP contribution in [0.15, 0.2) is 35.5 Å². The number of carbonyl (C=O) groups is 1. The monoisotopic (exact) mass is 528 g/mol. The van der Waals surface area contributed by atoms with Crippen LogP contribution in [0.2, 0.25) is 0 Å². The van der Waals surface area contributed by atoms with Crippen molar-refractivity contribution in [3.05, 3.63) is 47.5 Å². The van der Waals surface area contributed by atoms with Gasteiger partial charge < -0.3 is 10.1 Å². The molecule has 0 aliphatic heterocycles. The average molecular weight is 529 g/mol. The summed E-state index contributed by atoms with van der Waals surface area (Å²) in [5.74, 6) is 1.52. The van der Waals surface area contributed by atoms with Gasteiger partial charge in [0, 0.05) is 25.7 Å². The van der Waals surface area contributed by atoms with Crippen LogP contribution in [0.25, 0.3) is 11.0 Å². The number of nitrogens with two attached hydrogens (primary N) is 1.